The highest BCUT2D eigenvalue weighted by Gasteiger charge is 2.34. The number of aliphatic hydroxyl groups is 2. The van der Waals surface area contributed by atoms with E-state index in [2.05, 4.69) is 5.32 Å². The van der Waals surface area contributed by atoms with E-state index in [1.54, 1.807) is 0 Å². The van der Waals surface area contributed by atoms with Crippen LogP contribution in [-0.2, 0) is 0 Å². The van der Waals surface area contributed by atoms with Gasteiger partial charge in [0.15, 0.2) is 0 Å². The van der Waals surface area contributed by atoms with E-state index in [9.17, 15) is 10.2 Å². The standard InChI is InChI=1S/C13H25NO2/c15-10-13(7-3-4-8-13)9-14-11-5-1-2-6-12(11)16/h11-12,14-16H,1-10H2. The molecule has 2 aliphatic rings. The van der Waals surface area contributed by atoms with Crippen LogP contribution < -0.4 is 5.32 Å². The monoisotopic (exact) mass is 227 g/mol. The maximum Gasteiger partial charge on any atom is 0.0693 e. The minimum atomic E-state index is -0.175. The van der Waals surface area contributed by atoms with Gasteiger partial charge in [-0.25, -0.2) is 0 Å². The highest BCUT2D eigenvalue weighted by Crippen LogP contribution is 2.37. The molecule has 2 aliphatic carbocycles. The highest BCUT2D eigenvalue weighted by molar-refractivity contribution is 4.89. The summed E-state index contributed by atoms with van der Waals surface area (Å²) in [6.07, 6.45) is 8.99. The van der Waals surface area contributed by atoms with E-state index in [4.69, 9.17) is 0 Å². The molecule has 0 aromatic carbocycles. The van der Waals surface area contributed by atoms with Gasteiger partial charge in [0.1, 0.15) is 0 Å². The van der Waals surface area contributed by atoms with E-state index in [1.807, 2.05) is 0 Å². The summed E-state index contributed by atoms with van der Waals surface area (Å²) in [6.45, 7) is 1.17. The molecule has 0 bridgehead atoms. The fourth-order valence-corrected chi connectivity index (χ4v) is 3.21. The molecule has 3 nitrogen and oxygen atoms in total. The molecule has 94 valence electrons. The van der Waals surface area contributed by atoms with Gasteiger partial charge in [0.25, 0.3) is 0 Å². The highest BCUT2D eigenvalue weighted by atomic mass is 16.3. The van der Waals surface area contributed by atoms with Crippen molar-refractivity contribution >= 4 is 0 Å². The van der Waals surface area contributed by atoms with E-state index in [-0.39, 0.29) is 17.6 Å². The number of hydrogen-bond donors (Lipinski definition) is 3. The molecule has 0 amide bonds. The summed E-state index contributed by atoms with van der Waals surface area (Å²) in [5.74, 6) is 0. The van der Waals surface area contributed by atoms with Gasteiger partial charge in [-0.3, -0.25) is 0 Å². The van der Waals surface area contributed by atoms with Crippen LogP contribution in [-0.4, -0.2) is 35.5 Å². The Balaban J connectivity index is 1.80. The topological polar surface area (TPSA) is 52.5 Å². The van der Waals surface area contributed by atoms with Crippen molar-refractivity contribution in [3.63, 3.8) is 0 Å². The lowest BCUT2D eigenvalue weighted by molar-refractivity contribution is 0.0708. The molecular formula is C13H25NO2. The van der Waals surface area contributed by atoms with E-state index >= 15 is 0 Å². The molecule has 3 N–H and O–H groups in total. The predicted molar refractivity (Wildman–Crippen MR) is 64.3 cm³/mol. The molecule has 0 aromatic rings. The molecule has 3 heteroatoms. The van der Waals surface area contributed by atoms with Crippen LogP contribution in [0.15, 0.2) is 0 Å². The van der Waals surface area contributed by atoms with Crippen LogP contribution in [0.25, 0.3) is 0 Å². The molecule has 0 spiro atoms. The SMILES string of the molecule is OCC1(CNC2CCCCC2O)CCCC1. The maximum absolute atomic E-state index is 9.87. The van der Waals surface area contributed by atoms with Crippen molar-refractivity contribution in [1.82, 2.24) is 5.32 Å². The van der Waals surface area contributed by atoms with Crippen LogP contribution in [0.4, 0.5) is 0 Å². The fourth-order valence-electron chi connectivity index (χ4n) is 3.21. The Bertz CT molecular complexity index is 214. The van der Waals surface area contributed by atoms with Gasteiger partial charge >= 0.3 is 0 Å². The summed E-state index contributed by atoms with van der Waals surface area (Å²) in [5, 5.41) is 22.9. The third-order valence-corrected chi connectivity index (χ3v) is 4.47. The van der Waals surface area contributed by atoms with Crippen LogP contribution in [0.5, 0.6) is 0 Å². The Labute approximate surface area is 98.2 Å². The minimum absolute atomic E-state index is 0.108. The van der Waals surface area contributed by atoms with Gasteiger partial charge in [-0.1, -0.05) is 25.7 Å². The third-order valence-electron chi connectivity index (χ3n) is 4.47. The lowest BCUT2D eigenvalue weighted by atomic mass is 9.85. The second-order valence-electron chi connectivity index (χ2n) is 5.70. The summed E-state index contributed by atoms with van der Waals surface area (Å²) in [7, 11) is 0. The summed E-state index contributed by atoms with van der Waals surface area (Å²) >= 11 is 0. The molecule has 2 unspecified atom stereocenters. The first-order chi connectivity index (χ1) is 7.76. The van der Waals surface area contributed by atoms with Gasteiger partial charge in [0, 0.05) is 24.6 Å². The third kappa shape index (κ3) is 2.76. The smallest absolute Gasteiger partial charge is 0.0693 e. The largest absolute Gasteiger partial charge is 0.396 e. The van der Waals surface area contributed by atoms with Crippen LogP contribution in [0.1, 0.15) is 51.4 Å². The Hall–Kier alpha value is -0.120. The number of rotatable bonds is 4. The van der Waals surface area contributed by atoms with Crippen molar-refractivity contribution in [1.29, 1.82) is 0 Å². The predicted octanol–water partition coefficient (Wildman–Crippen LogP) is 1.43. The van der Waals surface area contributed by atoms with Gasteiger partial charge in [-0.15, -0.1) is 0 Å². The van der Waals surface area contributed by atoms with Gasteiger partial charge < -0.3 is 15.5 Å². The summed E-state index contributed by atoms with van der Waals surface area (Å²) in [5.41, 5.74) is 0.108. The van der Waals surface area contributed by atoms with Crippen molar-refractivity contribution in [2.45, 2.75) is 63.5 Å². The van der Waals surface area contributed by atoms with Crippen LogP contribution in [0, 0.1) is 5.41 Å². The lowest BCUT2D eigenvalue weighted by Gasteiger charge is -2.33. The van der Waals surface area contributed by atoms with E-state index in [0.29, 0.717) is 6.61 Å². The van der Waals surface area contributed by atoms with Crippen molar-refractivity contribution in [2.24, 2.45) is 5.41 Å². The molecule has 2 rings (SSSR count). The molecule has 0 saturated heterocycles. The quantitative estimate of drug-likeness (QED) is 0.681. The van der Waals surface area contributed by atoms with Crippen molar-refractivity contribution < 1.29 is 10.2 Å². The number of aliphatic hydroxyl groups excluding tert-OH is 2. The van der Waals surface area contributed by atoms with Gasteiger partial charge in [-0.2, -0.15) is 0 Å². The van der Waals surface area contributed by atoms with Crippen molar-refractivity contribution in [2.75, 3.05) is 13.2 Å². The van der Waals surface area contributed by atoms with Crippen molar-refractivity contribution in [3.05, 3.63) is 0 Å². The van der Waals surface area contributed by atoms with Gasteiger partial charge in [0.2, 0.25) is 0 Å². The van der Waals surface area contributed by atoms with Gasteiger partial charge in [0.05, 0.1) is 6.10 Å². The van der Waals surface area contributed by atoms with Crippen molar-refractivity contribution in [3.8, 4) is 0 Å². The van der Waals surface area contributed by atoms with Gasteiger partial charge in [-0.05, 0) is 25.7 Å². The molecule has 2 saturated carbocycles. The summed E-state index contributed by atoms with van der Waals surface area (Å²) < 4.78 is 0. The van der Waals surface area contributed by atoms with Crippen LogP contribution >= 0.6 is 0 Å². The first kappa shape index (κ1) is 12.3. The molecular weight excluding hydrogens is 202 g/mol. The number of nitrogens with one attached hydrogen (secondary N) is 1. The normalized spacial score (nSPS) is 34.1. The molecule has 2 atom stereocenters. The Kier molecular flexibility index (Phi) is 4.22. The molecule has 16 heavy (non-hydrogen) atoms. The first-order valence-corrected chi connectivity index (χ1v) is 6.78. The summed E-state index contributed by atoms with van der Waals surface area (Å²) in [6, 6.07) is 0.262. The van der Waals surface area contributed by atoms with Crippen LogP contribution in [0.2, 0.25) is 0 Å². The molecule has 0 aromatic heterocycles. The first-order valence-electron chi connectivity index (χ1n) is 6.78. The number of hydrogen-bond acceptors (Lipinski definition) is 3. The second-order valence-corrected chi connectivity index (χ2v) is 5.70. The zero-order valence-corrected chi connectivity index (χ0v) is 10.1. The maximum atomic E-state index is 9.87. The molecule has 0 heterocycles. The lowest BCUT2D eigenvalue weighted by Crippen LogP contribution is -2.47. The van der Waals surface area contributed by atoms with Crippen LogP contribution in [0.3, 0.4) is 0 Å². The Morgan fingerprint density at radius 2 is 1.75 bits per heavy atom. The average molecular weight is 227 g/mol. The zero-order valence-electron chi connectivity index (χ0n) is 10.1. The summed E-state index contributed by atoms with van der Waals surface area (Å²) in [4.78, 5) is 0. The zero-order chi connectivity index (χ0) is 11.4. The average Bonchev–Trinajstić information content (AvgIpc) is 2.78. The fraction of sp³-hybridized carbons (Fsp3) is 1.00. The second kappa shape index (κ2) is 5.48. The Morgan fingerprint density at radius 3 is 2.38 bits per heavy atom. The van der Waals surface area contributed by atoms with E-state index in [1.165, 1.54) is 19.3 Å². The molecule has 2 fully saturated rings. The van der Waals surface area contributed by atoms with E-state index in [0.717, 1.165) is 38.6 Å². The van der Waals surface area contributed by atoms with E-state index < -0.39 is 0 Å². The molecule has 0 aliphatic heterocycles. The Morgan fingerprint density at radius 1 is 1.06 bits per heavy atom. The minimum Gasteiger partial charge on any atom is -0.396 e. The molecule has 0 radical (unpaired) electrons.